The van der Waals surface area contributed by atoms with Crippen molar-refractivity contribution in [3.63, 3.8) is 0 Å². The summed E-state index contributed by atoms with van der Waals surface area (Å²) in [6.07, 6.45) is -3.05. The van der Waals surface area contributed by atoms with Crippen LogP contribution < -0.4 is 5.32 Å². The standard InChI is InChI=1S/C25H22F3N5O6S/c26-13-6-11(7-14(27)19(13)28)15-8-33(32-31-15)21-22(35)16(9-34)39-25(23(21)36)18(4-5-38-25)30-24(37)12-2-1-3-17-20(12)29-10-40-17/h1-3,6-8,10,16,18,21-23,34-36H,4-5,9H2,(H,30,37)/t16-,18-,21+,22+,23-,25+/m1/s1. The summed E-state index contributed by atoms with van der Waals surface area (Å²) in [7, 11) is 0. The first-order chi connectivity index (χ1) is 19.2. The summed E-state index contributed by atoms with van der Waals surface area (Å²) in [5.41, 5.74) is 2.22. The van der Waals surface area contributed by atoms with Crippen LogP contribution in [0.3, 0.4) is 0 Å². The average Bonchev–Trinajstić information content (AvgIpc) is 3.70. The molecule has 1 spiro atoms. The summed E-state index contributed by atoms with van der Waals surface area (Å²) in [5.74, 6) is -6.89. The Hall–Kier alpha value is -3.47. The Morgan fingerprint density at radius 2 is 2.00 bits per heavy atom. The van der Waals surface area contributed by atoms with Gasteiger partial charge in [0.25, 0.3) is 5.91 Å². The highest BCUT2D eigenvalue weighted by molar-refractivity contribution is 7.16. The van der Waals surface area contributed by atoms with Crippen molar-refractivity contribution in [2.45, 2.75) is 42.6 Å². The summed E-state index contributed by atoms with van der Waals surface area (Å²) in [4.78, 5) is 17.6. The van der Waals surface area contributed by atoms with Crippen molar-refractivity contribution in [1.29, 1.82) is 0 Å². The number of nitrogens with one attached hydrogen (secondary N) is 1. The molecule has 4 N–H and O–H groups in total. The van der Waals surface area contributed by atoms with E-state index in [1.54, 1.807) is 17.6 Å². The lowest BCUT2D eigenvalue weighted by atomic mass is 9.86. The summed E-state index contributed by atoms with van der Waals surface area (Å²) >= 11 is 1.38. The number of carbonyl (C=O) groups is 1. The maximum absolute atomic E-state index is 13.8. The molecule has 2 aliphatic heterocycles. The Balaban J connectivity index is 1.32. The van der Waals surface area contributed by atoms with E-state index in [2.05, 4.69) is 20.6 Å². The van der Waals surface area contributed by atoms with E-state index < -0.39 is 66.1 Å². The third-order valence-corrected chi connectivity index (χ3v) is 8.00. The Labute approximate surface area is 227 Å². The molecule has 210 valence electrons. The number of nitrogens with zero attached hydrogens (tertiary/aromatic N) is 4. The largest absolute Gasteiger partial charge is 0.394 e. The van der Waals surface area contributed by atoms with Crippen LogP contribution in [0.5, 0.6) is 0 Å². The number of hydrogen-bond acceptors (Lipinski definition) is 10. The number of fused-ring (bicyclic) bond motifs is 1. The highest BCUT2D eigenvalue weighted by atomic mass is 32.1. The van der Waals surface area contributed by atoms with Gasteiger partial charge >= 0.3 is 0 Å². The second-order valence-corrected chi connectivity index (χ2v) is 10.4. The van der Waals surface area contributed by atoms with Crippen molar-refractivity contribution < 1.29 is 42.8 Å². The lowest BCUT2D eigenvalue weighted by Crippen LogP contribution is -2.69. The van der Waals surface area contributed by atoms with Gasteiger partial charge in [0.1, 0.15) is 30.0 Å². The van der Waals surface area contributed by atoms with Crippen LogP contribution in [-0.4, -0.2) is 84.6 Å². The van der Waals surface area contributed by atoms with Gasteiger partial charge in [0.15, 0.2) is 17.5 Å². The van der Waals surface area contributed by atoms with Gasteiger partial charge in [-0.3, -0.25) is 4.79 Å². The zero-order valence-electron chi connectivity index (χ0n) is 20.4. The van der Waals surface area contributed by atoms with E-state index in [-0.39, 0.29) is 24.3 Å². The smallest absolute Gasteiger partial charge is 0.253 e. The molecule has 1 amide bonds. The molecule has 0 bridgehead atoms. The summed E-state index contributed by atoms with van der Waals surface area (Å²) in [5, 5.41) is 43.1. The van der Waals surface area contributed by atoms with Crippen LogP contribution in [-0.2, 0) is 9.47 Å². The van der Waals surface area contributed by atoms with Gasteiger partial charge in [-0.25, -0.2) is 22.8 Å². The predicted octanol–water partition coefficient (Wildman–Crippen LogP) is 1.54. The Morgan fingerprint density at radius 1 is 1.23 bits per heavy atom. The number of para-hydroxylation sites is 1. The molecule has 15 heteroatoms. The van der Waals surface area contributed by atoms with Crippen LogP contribution in [0.1, 0.15) is 22.8 Å². The van der Waals surface area contributed by atoms with Crippen molar-refractivity contribution in [2.75, 3.05) is 13.2 Å². The molecule has 0 aliphatic carbocycles. The van der Waals surface area contributed by atoms with Gasteiger partial charge in [0.05, 0.1) is 46.7 Å². The fraction of sp³-hybridized carbons (Fsp3) is 0.360. The first-order valence-electron chi connectivity index (χ1n) is 12.2. The predicted molar refractivity (Wildman–Crippen MR) is 133 cm³/mol. The number of rotatable bonds is 5. The molecule has 40 heavy (non-hydrogen) atoms. The number of aliphatic hydroxyl groups is 3. The molecule has 0 saturated carbocycles. The lowest BCUT2D eigenvalue weighted by molar-refractivity contribution is -0.344. The van der Waals surface area contributed by atoms with Crippen molar-refractivity contribution in [1.82, 2.24) is 25.3 Å². The minimum absolute atomic E-state index is 0.0701. The third-order valence-electron chi connectivity index (χ3n) is 7.21. The van der Waals surface area contributed by atoms with Gasteiger partial charge in [0.2, 0.25) is 5.79 Å². The number of benzene rings is 2. The highest BCUT2D eigenvalue weighted by Crippen LogP contribution is 2.43. The van der Waals surface area contributed by atoms with Crippen molar-refractivity contribution in [3.05, 3.63) is 65.1 Å². The number of ether oxygens (including phenoxy) is 2. The molecule has 4 heterocycles. The molecule has 0 unspecified atom stereocenters. The molecule has 6 atom stereocenters. The fourth-order valence-corrected chi connectivity index (χ4v) is 5.95. The van der Waals surface area contributed by atoms with Crippen LogP contribution in [0, 0.1) is 17.5 Å². The van der Waals surface area contributed by atoms with Gasteiger partial charge in [0, 0.05) is 5.56 Å². The monoisotopic (exact) mass is 577 g/mol. The second kappa shape index (κ2) is 10.2. The van der Waals surface area contributed by atoms with Crippen molar-refractivity contribution >= 4 is 27.5 Å². The van der Waals surface area contributed by atoms with Gasteiger partial charge in [-0.1, -0.05) is 11.3 Å². The van der Waals surface area contributed by atoms with Gasteiger partial charge in [-0.2, -0.15) is 0 Å². The third kappa shape index (κ3) is 4.25. The maximum Gasteiger partial charge on any atom is 0.253 e. The molecule has 11 nitrogen and oxygen atoms in total. The van der Waals surface area contributed by atoms with Crippen LogP contribution in [0.4, 0.5) is 13.2 Å². The van der Waals surface area contributed by atoms with E-state index >= 15 is 0 Å². The molecule has 2 aliphatic rings. The van der Waals surface area contributed by atoms with Crippen LogP contribution >= 0.6 is 11.3 Å². The number of aliphatic hydroxyl groups excluding tert-OH is 3. The number of carbonyl (C=O) groups excluding carboxylic acids is 1. The number of amides is 1. The SMILES string of the molecule is O=C(N[C@@H]1CCO[C@]12O[C@H](CO)[C@H](O)[C@H](n1cc(-c3cc(F)c(F)c(F)c3)nn1)[C@H]2O)c1cccc2scnc12. The Kier molecular flexibility index (Phi) is 6.80. The van der Waals surface area contributed by atoms with Crippen LogP contribution in [0.25, 0.3) is 21.5 Å². The molecule has 0 radical (unpaired) electrons. The van der Waals surface area contributed by atoms with Gasteiger partial charge in [-0.05, 0) is 30.7 Å². The molecule has 6 rings (SSSR count). The van der Waals surface area contributed by atoms with E-state index in [0.29, 0.717) is 11.1 Å². The molecular formula is C25H22F3N5O6S. The number of thiazole rings is 1. The summed E-state index contributed by atoms with van der Waals surface area (Å²) < 4.78 is 54.7. The highest BCUT2D eigenvalue weighted by Gasteiger charge is 2.62. The van der Waals surface area contributed by atoms with E-state index in [9.17, 15) is 33.3 Å². The van der Waals surface area contributed by atoms with Gasteiger partial charge in [-0.15, -0.1) is 16.4 Å². The minimum Gasteiger partial charge on any atom is -0.394 e. The lowest BCUT2D eigenvalue weighted by Gasteiger charge is -2.49. The topological polar surface area (TPSA) is 152 Å². The van der Waals surface area contributed by atoms with Gasteiger partial charge < -0.3 is 30.1 Å². The average molecular weight is 578 g/mol. The summed E-state index contributed by atoms with van der Waals surface area (Å²) in [6.45, 7) is -0.606. The first-order valence-corrected chi connectivity index (χ1v) is 13.1. The van der Waals surface area contributed by atoms with E-state index in [0.717, 1.165) is 21.5 Å². The zero-order chi connectivity index (χ0) is 28.2. The van der Waals surface area contributed by atoms with Crippen molar-refractivity contribution in [3.8, 4) is 11.3 Å². The summed E-state index contributed by atoms with van der Waals surface area (Å²) in [6, 6.07) is 4.37. The molecular weight excluding hydrogens is 555 g/mol. The molecule has 2 aromatic heterocycles. The van der Waals surface area contributed by atoms with E-state index in [4.69, 9.17) is 9.47 Å². The first kappa shape index (κ1) is 26.7. The normalized spacial score (nSPS) is 28.4. The number of hydrogen-bond donors (Lipinski definition) is 4. The second-order valence-electron chi connectivity index (χ2n) is 9.49. The quantitative estimate of drug-likeness (QED) is 0.259. The molecule has 4 aromatic rings. The van der Waals surface area contributed by atoms with E-state index in [1.165, 1.54) is 17.5 Å². The fourth-order valence-electron chi connectivity index (χ4n) is 5.25. The van der Waals surface area contributed by atoms with E-state index in [1.807, 2.05) is 6.07 Å². The number of aromatic nitrogens is 4. The zero-order valence-corrected chi connectivity index (χ0v) is 21.3. The minimum atomic E-state index is -1.90. The van der Waals surface area contributed by atoms with Crippen LogP contribution in [0.2, 0.25) is 0 Å². The number of halogens is 3. The Morgan fingerprint density at radius 3 is 2.75 bits per heavy atom. The maximum atomic E-state index is 13.8. The van der Waals surface area contributed by atoms with Crippen LogP contribution in [0.15, 0.2) is 42.0 Å². The molecule has 2 fully saturated rings. The van der Waals surface area contributed by atoms with Crippen molar-refractivity contribution in [2.24, 2.45) is 0 Å². The molecule has 2 saturated heterocycles. The Bertz CT molecular complexity index is 1560. The molecule has 2 aromatic carbocycles.